The Labute approximate surface area is 140 Å². The normalized spacial score (nSPS) is 31.0. The van der Waals surface area contributed by atoms with E-state index >= 15 is 0 Å². The number of rotatable bonds is 3. The van der Waals surface area contributed by atoms with Crippen LogP contribution in [0.4, 0.5) is 0 Å². The lowest BCUT2D eigenvalue weighted by Gasteiger charge is -2.15. The highest BCUT2D eigenvalue weighted by molar-refractivity contribution is 6.33. The summed E-state index contributed by atoms with van der Waals surface area (Å²) < 4.78 is 10.6. The Morgan fingerprint density at radius 1 is 1.39 bits per heavy atom. The van der Waals surface area contributed by atoms with Gasteiger partial charge >= 0.3 is 0 Å². The largest absolute Gasteiger partial charge is 0.454 e. The highest BCUT2D eigenvalue weighted by Crippen LogP contribution is 2.66. The second-order valence-corrected chi connectivity index (χ2v) is 7.20. The van der Waals surface area contributed by atoms with Gasteiger partial charge in [0.15, 0.2) is 11.5 Å². The van der Waals surface area contributed by atoms with Gasteiger partial charge in [0.2, 0.25) is 12.7 Å². The van der Waals surface area contributed by atoms with Gasteiger partial charge in [0.25, 0.3) is 0 Å². The lowest BCUT2D eigenvalue weighted by Crippen LogP contribution is -2.22. The summed E-state index contributed by atoms with van der Waals surface area (Å²) in [6, 6.07) is 3.46. The van der Waals surface area contributed by atoms with Crippen molar-refractivity contribution in [2.24, 2.45) is 22.4 Å². The van der Waals surface area contributed by atoms with Crippen LogP contribution >= 0.6 is 11.6 Å². The van der Waals surface area contributed by atoms with Crippen molar-refractivity contribution in [3.05, 3.63) is 22.7 Å². The summed E-state index contributed by atoms with van der Waals surface area (Å²) >= 11 is 6.18. The zero-order valence-electron chi connectivity index (χ0n) is 13.0. The highest BCUT2D eigenvalue weighted by atomic mass is 35.5. The van der Waals surface area contributed by atoms with Crippen molar-refractivity contribution in [3.8, 4) is 11.5 Å². The van der Waals surface area contributed by atoms with Gasteiger partial charge in [-0.25, -0.2) is 5.43 Å². The molecule has 3 aliphatic rings. The molecule has 0 unspecified atom stereocenters. The summed E-state index contributed by atoms with van der Waals surface area (Å²) in [5, 5.41) is 4.59. The second kappa shape index (κ2) is 5.41. The SMILES string of the molecule is C[C@]12CCCC[C@@H]1[C@H]2C(=O)N/N=C\c1cc2c(cc1Cl)OCO2. The van der Waals surface area contributed by atoms with Gasteiger partial charge in [-0.1, -0.05) is 31.4 Å². The van der Waals surface area contributed by atoms with Crippen LogP contribution < -0.4 is 14.9 Å². The molecule has 3 atom stereocenters. The van der Waals surface area contributed by atoms with Gasteiger partial charge in [0.05, 0.1) is 11.2 Å². The third-order valence-electron chi connectivity index (χ3n) is 5.48. The fourth-order valence-electron chi connectivity index (χ4n) is 4.12. The van der Waals surface area contributed by atoms with Gasteiger partial charge in [-0.05, 0) is 30.2 Å². The van der Waals surface area contributed by atoms with Gasteiger partial charge in [-0.3, -0.25) is 4.79 Å². The van der Waals surface area contributed by atoms with Crippen LogP contribution in [0.25, 0.3) is 0 Å². The molecule has 5 nitrogen and oxygen atoms in total. The molecule has 2 fully saturated rings. The Morgan fingerprint density at radius 3 is 2.91 bits per heavy atom. The maximum Gasteiger partial charge on any atom is 0.244 e. The Hall–Kier alpha value is -1.75. The summed E-state index contributed by atoms with van der Waals surface area (Å²) in [5.74, 6) is 1.93. The van der Waals surface area contributed by atoms with Crippen molar-refractivity contribution in [2.75, 3.05) is 6.79 Å². The molecule has 1 N–H and O–H groups in total. The summed E-state index contributed by atoms with van der Waals surface area (Å²) in [4.78, 5) is 12.3. The molecular formula is C17H19ClN2O3. The van der Waals surface area contributed by atoms with Crippen molar-refractivity contribution in [2.45, 2.75) is 32.6 Å². The van der Waals surface area contributed by atoms with Gasteiger partial charge in [-0.15, -0.1) is 0 Å². The van der Waals surface area contributed by atoms with E-state index in [1.165, 1.54) is 12.8 Å². The average Bonchev–Trinajstić information content (AvgIpc) is 2.91. The van der Waals surface area contributed by atoms with Crippen LogP contribution in [0.5, 0.6) is 11.5 Å². The number of carbonyl (C=O) groups excluding carboxylic acids is 1. The van der Waals surface area contributed by atoms with Crippen LogP contribution in [-0.2, 0) is 4.79 Å². The number of nitrogens with one attached hydrogen (secondary N) is 1. The minimum Gasteiger partial charge on any atom is -0.454 e. The Bertz CT molecular complexity index is 691. The summed E-state index contributed by atoms with van der Waals surface area (Å²) in [6.07, 6.45) is 6.32. The molecule has 0 aromatic heterocycles. The first-order chi connectivity index (χ1) is 11.1. The molecular weight excluding hydrogens is 316 g/mol. The van der Waals surface area contributed by atoms with Crippen molar-refractivity contribution >= 4 is 23.7 Å². The lowest BCUT2D eigenvalue weighted by molar-refractivity contribution is -0.123. The zero-order chi connectivity index (χ0) is 16.0. The van der Waals surface area contributed by atoms with E-state index in [1.807, 2.05) is 0 Å². The van der Waals surface area contributed by atoms with Crippen LogP contribution in [0.2, 0.25) is 5.02 Å². The zero-order valence-corrected chi connectivity index (χ0v) is 13.7. The van der Waals surface area contributed by atoms with E-state index in [-0.39, 0.29) is 24.0 Å². The fourth-order valence-corrected chi connectivity index (χ4v) is 4.32. The molecule has 0 saturated heterocycles. The van der Waals surface area contributed by atoms with Crippen LogP contribution in [0.3, 0.4) is 0 Å². The van der Waals surface area contributed by atoms with Crippen LogP contribution in [0, 0.1) is 17.3 Å². The van der Waals surface area contributed by atoms with Gasteiger partial charge in [0.1, 0.15) is 0 Å². The maximum atomic E-state index is 12.3. The predicted molar refractivity (Wildman–Crippen MR) is 86.9 cm³/mol. The summed E-state index contributed by atoms with van der Waals surface area (Å²) in [6.45, 7) is 2.42. The van der Waals surface area contributed by atoms with E-state index in [0.29, 0.717) is 28.0 Å². The molecule has 2 aliphatic carbocycles. The lowest BCUT2D eigenvalue weighted by atomic mass is 9.90. The number of ether oxygens (including phenoxy) is 2. The average molecular weight is 335 g/mol. The molecule has 0 spiro atoms. The predicted octanol–water partition coefficient (Wildman–Crippen LogP) is 3.35. The smallest absolute Gasteiger partial charge is 0.244 e. The number of fused-ring (bicyclic) bond motifs is 2. The topological polar surface area (TPSA) is 59.9 Å². The van der Waals surface area contributed by atoms with E-state index in [2.05, 4.69) is 17.5 Å². The number of nitrogens with zero attached hydrogens (tertiary/aromatic N) is 1. The molecule has 6 heteroatoms. The molecule has 122 valence electrons. The highest BCUT2D eigenvalue weighted by Gasteiger charge is 2.64. The van der Waals surface area contributed by atoms with E-state index in [0.717, 1.165) is 12.8 Å². The number of benzene rings is 1. The maximum absolute atomic E-state index is 12.3. The number of halogens is 1. The molecule has 1 amide bonds. The van der Waals surface area contributed by atoms with Gasteiger partial charge in [0, 0.05) is 17.5 Å². The molecule has 4 rings (SSSR count). The Morgan fingerprint density at radius 2 is 2.17 bits per heavy atom. The van der Waals surface area contributed by atoms with Crippen molar-refractivity contribution < 1.29 is 14.3 Å². The number of hydrogen-bond donors (Lipinski definition) is 1. The molecule has 1 aromatic carbocycles. The minimum atomic E-state index is 0.0208. The van der Waals surface area contributed by atoms with Crippen LogP contribution in [0.1, 0.15) is 38.2 Å². The minimum absolute atomic E-state index is 0.0208. The quantitative estimate of drug-likeness (QED) is 0.681. The van der Waals surface area contributed by atoms with Crippen LogP contribution in [-0.4, -0.2) is 18.9 Å². The second-order valence-electron chi connectivity index (χ2n) is 6.80. The van der Waals surface area contributed by atoms with Crippen molar-refractivity contribution in [1.82, 2.24) is 5.43 Å². The van der Waals surface area contributed by atoms with Crippen molar-refractivity contribution in [3.63, 3.8) is 0 Å². The Kier molecular flexibility index (Phi) is 3.48. The number of hydrazone groups is 1. The molecule has 1 aliphatic heterocycles. The molecule has 0 radical (unpaired) electrons. The number of hydrogen-bond acceptors (Lipinski definition) is 4. The number of amides is 1. The number of carbonyl (C=O) groups is 1. The third-order valence-corrected chi connectivity index (χ3v) is 5.81. The molecule has 1 aromatic rings. The van der Waals surface area contributed by atoms with E-state index < -0.39 is 0 Å². The van der Waals surface area contributed by atoms with Crippen molar-refractivity contribution in [1.29, 1.82) is 0 Å². The summed E-state index contributed by atoms with van der Waals surface area (Å²) in [5.41, 5.74) is 3.55. The summed E-state index contributed by atoms with van der Waals surface area (Å²) in [7, 11) is 0. The van der Waals surface area contributed by atoms with Crippen LogP contribution in [0.15, 0.2) is 17.2 Å². The van der Waals surface area contributed by atoms with E-state index in [4.69, 9.17) is 21.1 Å². The fraction of sp³-hybridized carbons (Fsp3) is 0.529. The Balaban J connectivity index is 1.41. The first-order valence-corrected chi connectivity index (χ1v) is 8.39. The standard InChI is InChI=1S/C17H19ClN2O3/c1-17-5-3-2-4-11(17)15(17)16(21)20-19-8-10-6-13-14(7-12(10)18)23-9-22-13/h6-8,11,15H,2-5,9H2,1H3,(H,20,21)/b19-8-/t11-,15+,17+/m1/s1. The van der Waals surface area contributed by atoms with E-state index in [9.17, 15) is 4.79 Å². The monoisotopic (exact) mass is 334 g/mol. The third kappa shape index (κ3) is 2.47. The molecule has 1 heterocycles. The molecule has 23 heavy (non-hydrogen) atoms. The van der Waals surface area contributed by atoms with Gasteiger partial charge < -0.3 is 9.47 Å². The first kappa shape index (κ1) is 14.8. The molecule has 2 saturated carbocycles. The first-order valence-electron chi connectivity index (χ1n) is 8.02. The van der Waals surface area contributed by atoms with Gasteiger partial charge in [-0.2, -0.15) is 5.10 Å². The molecule has 0 bridgehead atoms. The van der Waals surface area contributed by atoms with E-state index in [1.54, 1.807) is 18.3 Å².